The molecule has 0 aromatic rings. The summed E-state index contributed by atoms with van der Waals surface area (Å²) in [5, 5.41) is 0. The van der Waals surface area contributed by atoms with E-state index in [4.69, 9.17) is 15.2 Å². The Morgan fingerprint density at radius 3 is 2.50 bits per heavy atom. The van der Waals surface area contributed by atoms with Gasteiger partial charge in [-0.2, -0.15) is 0 Å². The van der Waals surface area contributed by atoms with Crippen molar-refractivity contribution in [1.82, 2.24) is 4.90 Å². The van der Waals surface area contributed by atoms with Gasteiger partial charge in [-0.05, 0) is 39.2 Å². The minimum Gasteiger partial charge on any atom is -0.353 e. The molecule has 0 aromatic carbocycles. The number of nitrogens with zero attached hydrogens (tertiary/aromatic N) is 1. The number of hydrogen-bond donors (Lipinski definition) is 1. The first-order valence-electron chi connectivity index (χ1n) is 7.38. The molecule has 2 unspecified atom stereocenters. The highest BCUT2D eigenvalue weighted by molar-refractivity contribution is 4.80. The van der Waals surface area contributed by atoms with Crippen molar-refractivity contribution in [3.05, 3.63) is 0 Å². The van der Waals surface area contributed by atoms with E-state index < -0.39 is 0 Å². The smallest absolute Gasteiger partial charge is 0.158 e. The molecule has 2 atom stereocenters. The highest BCUT2D eigenvalue weighted by Gasteiger charge is 2.25. The Morgan fingerprint density at radius 2 is 1.94 bits per heavy atom. The molecule has 1 aliphatic rings. The molecule has 4 heteroatoms. The van der Waals surface area contributed by atoms with Crippen LogP contribution >= 0.6 is 0 Å². The Kier molecular flexibility index (Phi) is 7.82. The molecule has 1 saturated heterocycles. The second kappa shape index (κ2) is 8.86. The fourth-order valence-electron chi connectivity index (χ4n) is 2.70. The van der Waals surface area contributed by atoms with Gasteiger partial charge in [-0.1, -0.05) is 6.92 Å². The van der Waals surface area contributed by atoms with Crippen LogP contribution in [0.2, 0.25) is 0 Å². The van der Waals surface area contributed by atoms with Gasteiger partial charge < -0.3 is 15.2 Å². The van der Waals surface area contributed by atoms with Gasteiger partial charge in [-0.3, -0.25) is 4.90 Å². The van der Waals surface area contributed by atoms with Crippen LogP contribution in [0.4, 0.5) is 0 Å². The van der Waals surface area contributed by atoms with E-state index in [2.05, 4.69) is 11.8 Å². The number of piperidine rings is 1. The quantitative estimate of drug-likeness (QED) is 0.675. The molecule has 0 saturated carbocycles. The van der Waals surface area contributed by atoms with E-state index in [1.807, 2.05) is 13.8 Å². The zero-order valence-electron chi connectivity index (χ0n) is 12.2. The lowest BCUT2D eigenvalue weighted by Crippen LogP contribution is -2.47. The third kappa shape index (κ3) is 5.22. The molecule has 1 heterocycles. The molecule has 0 aromatic heterocycles. The van der Waals surface area contributed by atoms with E-state index in [1.165, 1.54) is 12.8 Å². The van der Waals surface area contributed by atoms with E-state index in [0.29, 0.717) is 19.3 Å². The van der Waals surface area contributed by atoms with Crippen LogP contribution in [0.25, 0.3) is 0 Å². The fraction of sp³-hybridized carbons (Fsp3) is 1.00. The van der Waals surface area contributed by atoms with Gasteiger partial charge in [-0.15, -0.1) is 0 Å². The Hall–Kier alpha value is -0.160. The van der Waals surface area contributed by atoms with Crippen LogP contribution in [0.3, 0.4) is 0 Å². The average molecular weight is 258 g/mol. The van der Waals surface area contributed by atoms with Gasteiger partial charge in [0.2, 0.25) is 0 Å². The van der Waals surface area contributed by atoms with Crippen LogP contribution in [0.5, 0.6) is 0 Å². The van der Waals surface area contributed by atoms with E-state index in [0.717, 1.165) is 32.0 Å². The molecular weight excluding hydrogens is 228 g/mol. The van der Waals surface area contributed by atoms with E-state index >= 15 is 0 Å². The topological polar surface area (TPSA) is 47.7 Å². The van der Waals surface area contributed by atoms with Crippen LogP contribution in [0, 0.1) is 5.92 Å². The summed E-state index contributed by atoms with van der Waals surface area (Å²) in [7, 11) is 0. The molecule has 0 bridgehead atoms. The van der Waals surface area contributed by atoms with Crippen molar-refractivity contribution in [2.24, 2.45) is 11.7 Å². The van der Waals surface area contributed by atoms with Crippen molar-refractivity contribution >= 4 is 0 Å². The standard InChI is InChI=1S/C14H30N2O2/c1-4-17-14(18-5-2)7-9-16-8-6-12(3)10-13(16)11-15/h12-14H,4-11,15H2,1-3H3. The first kappa shape index (κ1) is 15.9. The highest BCUT2D eigenvalue weighted by atomic mass is 16.7. The van der Waals surface area contributed by atoms with Gasteiger partial charge in [0, 0.05) is 38.8 Å². The lowest BCUT2D eigenvalue weighted by molar-refractivity contribution is -0.143. The summed E-state index contributed by atoms with van der Waals surface area (Å²) in [6.07, 6.45) is 3.39. The summed E-state index contributed by atoms with van der Waals surface area (Å²) < 4.78 is 11.2. The second-order valence-corrected chi connectivity index (χ2v) is 5.18. The summed E-state index contributed by atoms with van der Waals surface area (Å²) in [5.41, 5.74) is 5.88. The number of hydrogen-bond acceptors (Lipinski definition) is 4. The molecule has 0 aliphatic carbocycles. The lowest BCUT2D eigenvalue weighted by Gasteiger charge is -2.38. The Morgan fingerprint density at radius 1 is 1.28 bits per heavy atom. The summed E-state index contributed by atoms with van der Waals surface area (Å²) >= 11 is 0. The maximum Gasteiger partial charge on any atom is 0.158 e. The van der Waals surface area contributed by atoms with Crippen LogP contribution < -0.4 is 5.73 Å². The molecule has 1 rings (SSSR count). The molecule has 0 radical (unpaired) electrons. The summed E-state index contributed by atoms with van der Waals surface area (Å²) in [6, 6.07) is 0.539. The molecule has 2 N–H and O–H groups in total. The van der Waals surface area contributed by atoms with Crippen LogP contribution in [-0.4, -0.2) is 50.1 Å². The summed E-state index contributed by atoms with van der Waals surface area (Å²) in [6.45, 7) is 10.7. The SMILES string of the molecule is CCOC(CCN1CCC(C)CC1CN)OCC. The number of nitrogens with two attached hydrogens (primary N) is 1. The Bertz CT molecular complexity index is 208. The summed E-state index contributed by atoms with van der Waals surface area (Å²) in [5.74, 6) is 0.810. The third-order valence-corrected chi connectivity index (χ3v) is 3.73. The normalized spacial score (nSPS) is 25.8. The molecule has 18 heavy (non-hydrogen) atoms. The van der Waals surface area contributed by atoms with Crippen molar-refractivity contribution in [3.8, 4) is 0 Å². The maximum atomic E-state index is 5.88. The first-order valence-corrected chi connectivity index (χ1v) is 7.38. The first-order chi connectivity index (χ1) is 8.71. The molecular formula is C14H30N2O2. The molecule has 1 fully saturated rings. The highest BCUT2D eigenvalue weighted by Crippen LogP contribution is 2.22. The minimum absolute atomic E-state index is 0.0576. The van der Waals surface area contributed by atoms with Crippen LogP contribution in [0.15, 0.2) is 0 Å². The second-order valence-electron chi connectivity index (χ2n) is 5.18. The van der Waals surface area contributed by atoms with Gasteiger partial charge >= 0.3 is 0 Å². The summed E-state index contributed by atoms with van der Waals surface area (Å²) in [4.78, 5) is 2.50. The zero-order valence-corrected chi connectivity index (χ0v) is 12.2. The van der Waals surface area contributed by atoms with E-state index in [9.17, 15) is 0 Å². The van der Waals surface area contributed by atoms with Crippen molar-refractivity contribution in [2.45, 2.75) is 52.4 Å². The Balaban J connectivity index is 2.35. The lowest BCUT2D eigenvalue weighted by atomic mass is 9.92. The van der Waals surface area contributed by atoms with Crippen molar-refractivity contribution < 1.29 is 9.47 Å². The molecule has 108 valence electrons. The van der Waals surface area contributed by atoms with Gasteiger partial charge in [0.05, 0.1) is 0 Å². The minimum atomic E-state index is -0.0576. The molecule has 0 spiro atoms. The number of rotatable bonds is 8. The largest absolute Gasteiger partial charge is 0.353 e. The predicted molar refractivity (Wildman–Crippen MR) is 74.5 cm³/mol. The fourth-order valence-corrected chi connectivity index (χ4v) is 2.70. The van der Waals surface area contributed by atoms with Crippen LogP contribution in [0.1, 0.15) is 40.0 Å². The van der Waals surface area contributed by atoms with Gasteiger partial charge in [-0.25, -0.2) is 0 Å². The van der Waals surface area contributed by atoms with Gasteiger partial charge in [0.25, 0.3) is 0 Å². The number of ether oxygens (including phenoxy) is 2. The van der Waals surface area contributed by atoms with Crippen LogP contribution in [-0.2, 0) is 9.47 Å². The van der Waals surface area contributed by atoms with Crippen molar-refractivity contribution in [2.75, 3.05) is 32.8 Å². The van der Waals surface area contributed by atoms with E-state index in [1.54, 1.807) is 0 Å². The monoisotopic (exact) mass is 258 g/mol. The predicted octanol–water partition coefficient (Wildman–Crippen LogP) is 1.83. The van der Waals surface area contributed by atoms with E-state index in [-0.39, 0.29) is 6.29 Å². The molecule has 4 nitrogen and oxygen atoms in total. The Labute approximate surface area is 112 Å². The van der Waals surface area contributed by atoms with Gasteiger partial charge in [0.15, 0.2) is 6.29 Å². The maximum absolute atomic E-state index is 5.88. The average Bonchev–Trinajstić information content (AvgIpc) is 2.37. The van der Waals surface area contributed by atoms with Crippen molar-refractivity contribution in [1.29, 1.82) is 0 Å². The molecule has 0 amide bonds. The molecule has 1 aliphatic heterocycles. The van der Waals surface area contributed by atoms with Crippen molar-refractivity contribution in [3.63, 3.8) is 0 Å². The third-order valence-electron chi connectivity index (χ3n) is 3.73. The zero-order chi connectivity index (χ0) is 13.4. The number of likely N-dealkylation sites (tertiary alicyclic amines) is 1. The van der Waals surface area contributed by atoms with Gasteiger partial charge in [0.1, 0.15) is 0 Å².